The third kappa shape index (κ3) is 2.73. The second-order valence-electron chi connectivity index (χ2n) is 4.76. The molecule has 0 amide bonds. The zero-order chi connectivity index (χ0) is 13.4. The molecule has 19 heavy (non-hydrogen) atoms. The van der Waals surface area contributed by atoms with Gasteiger partial charge in [0.2, 0.25) is 0 Å². The molecule has 1 aromatic heterocycles. The second kappa shape index (κ2) is 5.31. The standard InChI is InChI=1S/C14H14BrFN2S/c1-17-7-12-13(8-2-3-8)18-14(19-12)10-5-4-9(16)6-11(10)15/h4-6,8,17H,2-3,7H2,1H3. The van der Waals surface area contributed by atoms with Gasteiger partial charge < -0.3 is 5.32 Å². The average Bonchev–Trinajstić information content (AvgIpc) is 3.12. The topological polar surface area (TPSA) is 24.9 Å². The number of nitrogens with zero attached hydrogens (tertiary/aromatic N) is 1. The smallest absolute Gasteiger partial charge is 0.125 e. The number of halogens is 2. The molecule has 0 unspecified atom stereocenters. The fourth-order valence-corrected chi connectivity index (χ4v) is 3.97. The largest absolute Gasteiger partial charge is 0.315 e. The van der Waals surface area contributed by atoms with Crippen molar-refractivity contribution in [2.75, 3.05) is 7.05 Å². The van der Waals surface area contributed by atoms with Crippen LogP contribution in [0, 0.1) is 5.82 Å². The molecule has 0 bridgehead atoms. The number of benzene rings is 1. The minimum absolute atomic E-state index is 0.231. The Hall–Kier alpha value is -0.780. The lowest BCUT2D eigenvalue weighted by Gasteiger charge is -2.00. The van der Waals surface area contributed by atoms with Crippen LogP contribution in [-0.2, 0) is 6.54 Å². The van der Waals surface area contributed by atoms with Gasteiger partial charge in [-0.15, -0.1) is 11.3 Å². The Balaban J connectivity index is 2.02. The van der Waals surface area contributed by atoms with Gasteiger partial charge in [0, 0.05) is 27.4 Å². The van der Waals surface area contributed by atoms with E-state index in [1.54, 1.807) is 17.4 Å². The van der Waals surface area contributed by atoms with E-state index >= 15 is 0 Å². The third-order valence-electron chi connectivity index (χ3n) is 3.19. The first kappa shape index (κ1) is 13.2. The molecule has 1 fully saturated rings. The molecule has 1 saturated carbocycles. The van der Waals surface area contributed by atoms with Crippen LogP contribution in [0.1, 0.15) is 29.3 Å². The van der Waals surface area contributed by atoms with Gasteiger partial charge in [0.25, 0.3) is 0 Å². The number of hydrogen-bond acceptors (Lipinski definition) is 3. The molecule has 0 spiro atoms. The van der Waals surface area contributed by atoms with Gasteiger partial charge in [0.1, 0.15) is 10.8 Å². The molecule has 5 heteroatoms. The van der Waals surface area contributed by atoms with Crippen LogP contribution >= 0.6 is 27.3 Å². The van der Waals surface area contributed by atoms with E-state index in [1.165, 1.54) is 35.5 Å². The van der Waals surface area contributed by atoms with Gasteiger partial charge in [-0.1, -0.05) is 0 Å². The molecule has 100 valence electrons. The monoisotopic (exact) mass is 340 g/mol. The van der Waals surface area contributed by atoms with Gasteiger partial charge >= 0.3 is 0 Å². The summed E-state index contributed by atoms with van der Waals surface area (Å²) in [6, 6.07) is 4.76. The highest BCUT2D eigenvalue weighted by Crippen LogP contribution is 2.44. The molecule has 0 radical (unpaired) electrons. The van der Waals surface area contributed by atoms with Gasteiger partial charge in [-0.05, 0) is 54.0 Å². The maximum absolute atomic E-state index is 13.1. The van der Waals surface area contributed by atoms with Crippen LogP contribution < -0.4 is 5.32 Å². The van der Waals surface area contributed by atoms with Crippen LogP contribution in [0.3, 0.4) is 0 Å². The lowest BCUT2D eigenvalue weighted by atomic mass is 10.2. The predicted octanol–water partition coefficient (Wildman–Crippen LogP) is 4.31. The minimum atomic E-state index is -0.231. The maximum Gasteiger partial charge on any atom is 0.125 e. The van der Waals surface area contributed by atoms with Crippen LogP contribution in [0.5, 0.6) is 0 Å². The first-order valence-electron chi connectivity index (χ1n) is 6.28. The summed E-state index contributed by atoms with van der Waals surface area (Å²) in [6.45, 7) is 0.850. The second-order valence-corrected chi connectivity index (χ2v) is 6.69. The van der Waals surface area contributed by atoms with Crippen molar-refractivity contribution in [2.45, 2.75) is 25.3 Å². The van der Waals surface area contributed by atoms with Crippen molar-refractivity contribution < 1.29 is 4.39 Å². The zero-order valence-corrected chi connectivity index (χ0v) is 12.9. The number of hydrogen-bond donors (Lipinski definition) is 1. The predicted molar refractivity (Wildman–Crippen MR) is 79.9 cm³/mol. The van der Waals surface area contributed by atoms with E-state index < -0.39 is 0 Å². The highest BCUT2D eigenvalue weighted by atomic mass is 79.9. The van der Waals surface area contributed by atoms with Gasteiger partial charge in [0.05, 0.1) is 5.69 Å². The van der Waals surface area contributed by atoms with Crippen molar-refractivity contribution in [3.8, 4) is 10.6 Å². The van der Waals surface area contributed by atoms with Gasteiger partial charge in [-0.3, -0.25) is 0 Å². The molecule has 0 aliphatic heterocycles. The van der Waals surface area contributed by atoms with Crippen molar-refractivity contribution in [3.63, 3.8) is 0 Å². The van der Waals surface area contributed by atoms with Gasteiger partial charge in [-0.2, -0.15) is 0 Å². The number of aromatic nitrogens is 1. The zero-order valence-electron chi connectivity index (χ0n) is 10.5. The molecule has 3 rings (SSSR count). The third-order valence-corrected chi connectivity index (χ3v) is 4.95. The van der Waals surface area contributed by atoms with Crippen molar-refractivity contribution >= 4 is 27.3 Å². The van der Waals surface area contributed by atoms with Crippen LogP contribution in [0.25, 0.3) is 10.6 Å². The van der Waals surface area contributed by atoms with Crippen molar-refractivity contribution in [1.29, 1.82) is 0 Å². The summed E-state index contributed by atoms with van der Waals surface area (Å²) in [4.78, 5) is 6.08. The number of thiazole rings is 1. The summed E-state index contributed by atoms with van der Waals surface area (Å²) in [5.41, 5.74) is 2.20. The lowest BCUT2D eigenvalue weighted by molar-refractivity contribution is 0.627. The summed E-state index contributed by atoms with van der Waals surface area (Å²) in [5.74, 6) is 0.401. The summed E-state index contributed by atoms with van der Waals surface area (Å²) in [6.07, 6.45) is 2.48. The first-order chi connectivity index (χ1) is 9.19. The molecule has 1 aliphatic carbocycles. The van der Waals surface area contributed by atoms with E-state index in [0.717, 1.165) is 21.6 Å². The Labute approximate surface area is 124 Å². The van der Waals surface area contributed by atoms with E-state index in [2.05, 4.69) is 21.2 Å². The van der Waals surface area contributed by atoms with Crippen LogP contribution in [-0.4, -0.2) is 12.0 Å². The number of rotatable bonds is 4. The maximum atomic E-state index is 13.1. The molecule has 0 saturated heterocycles. The average molecular weight is 341 g/mol. The fraction of sp³-hybridized carbons (Fsp3) is 0.357. The summed E-state index contributed by atoms with van der Waals surface area (Å²) >= 11 is 5.12. The van der Waals surface area contributed by atoms with Crippen LogP contribution in [0.4, 0.5) is 4.39 Å². The van der Waals surface area contributed by atoms with E-state index in [0.29, 0.717) is 5.92 Å². The highest BCUT2D eigenvalue weighted by Gasteiger charge is 2.29. The molecule has 2 nitrogen and oxygen atoms in total. The Morgan fingerprint density at radius 1 is 1.47 bits per heavy atom. The molecule has 1 N–H and O–H groups in total. The van der Waals surface area contributed by atoms with E-state index in [1.807, 2.05) is 7.05 Å². The van der Waals surface area contributed by atoms with E-state index in [4.69, 9.17) is 4.98 Å². The molecular weight excluding hydrogens is 327 g/mol. The Morgan fingerprint density at radius 3 is 2.89 bits per heavy atom. The SMILES string of the molecule is CNCc1sc(-c2ccc(F)cc2Br)nc1C1CC1. The quantitative estimate of drug-likeness (QED) is 0.896. The molecule has 1 aliphatic rings. The van der Waals surface area contributed by atoms with Crippen molar-refractivity contribution in [3.05, 3.63) is 39.1 Å². The summed E-state index contributed by atoms with van der Waals surface area (Å²) < 4.78 is 13.9. The van der Waals surface area contributed by atoms with Crippen LogP contribution in [0.15, 0.2) is 22.7 Å². The molecule has 1 aromatic carbocycles. The Bertz CT molecular complexity index is 607. The number of nitrogens with one attached hydrogen (secondary N) is 1. The summed E-state index contributed by atoms with van der Waals surface area (Å²) in [7, 11) is 1.95. The fourth-order valence-electron chi connectivity index (χ4n) is 2.10. The molecular formula is C14H14BrFN2S. The highest BCUT2D eigenvalue weighted by molar-refractivity contribution is 9.10. The lowest BCUT2D eigenvalue weighted by Crippen LogP contribution is -2.05. The Kier molecular flexibility index (Phi) is 3.69. The summed E-state index contributed by atoms with van der Waals surface area (Å²) in [5, 5.41) is 4.17. The van der Waals surface area contributed by atoms with Crippen LogP contribution in [0.2, 0.25) is 0 Å². The molecule has 0 atom stereocenters. The van der Waals surface area contributed by atoms with Gasteiger partial charge in [0.15, 0.2) is 0 Å². The van der Waals surface area contributed by atoms with E-state index in [-0.39, 0.29) is 5.82 Å². The Morgan fingerprint density at radius 2 is 2.26 bits per heavy atom. The van der Waals surface area contributed by atoms with Crippen molar-refractivity contribution in [1.82, 2.24) is 10.3 Å². The first-order valence-corrected chi connectivity index (χ1v) is 7.89. The van der Waals surface area contributed by atoms with Crippen molar-refractivity contribution in [2.24, 2.45) is 0 Å². The molecule has 2 aromatic rings. The van der Waals surface area contributed by atoms with E-state index in [9.17, 15) is 4.39 Å². The van der Waals surface area contributed by atoms with Gasteiger partial charge in [-0.25, -0.2) is 9.37 Å². The molecule has 1 heterocycles. The minimum Gasteiger partial charge on any atom is -0.315 e. The normalized spacial score (nSPS) is 14.9.